The Morgan fingerprint density at radius 2 is 1.67 bits per heavy atom. The summed E-state index contributed by atoms with van der Waals surface area (Å²) in [5.41, 5.74) is 0.910. The molecule has 5 heteroatoms. The summed E-state index contributed by atoms with van der Waals surface area (Å²) in [5.74, 6) is -2.40. The minimum Gasteiger partial charge on any atom is -0.465 e. The number of allylic oxidation sites excluding steroid dienone is 1. The predicted octanol–water partition coefficient (Wildman–Crippen LogP) is 6.03. The minimum absolute atomic E-state index is 0.166. The molecule has 3 aromatic rings. The topological polar surface area (TPSA) is 18.5 Å². The van der Waals surface area contributed by atoms with Crippen LogP contribution in [0.15, 0.2) is 54.8 Å². The molecule has 0 bridgehead atoms. The second-order valence-corrected chi connectivity index (χ2v) is 6.04. The summed E-state index contributed by atoms with van der Waals surface area (Å²) in [5, 5.41) is -0.0327. The van der Waals surface area contributed by atoms with Gasteiger partial charge in [0.1, 0.15) is 11.6 Å². The summed E-state index contributed by atoms with van der Waals surface area (Å²) in [7, 11) is 1.48. The smallest absolute Gasteiger partial charge is 0.169 e. The first kappa shape index (κ1) is 19.0. The molecule has 140 valence electrons. The van der Waals surface area contributed by atoms with Gasteiger partial charge in [-0.25, -0.2) is 13.2 Å². The molecule has 0 aliphatic rings. The number of ether oxygens (including phenoxy) is 2. The van der Waals surface area contributed by atoms with Crippen molar-refractivity contribution in [2.45, 2.75) is 13.3 Å². The lowest BCUT2D eigenvalue weighted by atomic mass is 9.97. The van der Waals surface area contributed by atoms with E-state index >= 15 is 4.39 Å². The number of halogens is 3. The summed E-state index contributed by atoms with van der Waals surface area (Å²) in [6.45, 7) is 2.08. The fourth-order valence-electron chi connectivity index (χ4n) is 2.91. The van der Waals surface area contributed by atoms with Crippen LogP contribution in [0.2, 0.25) is 0 Å². The van der Waals surface area contributed by atoms with Crippen molar-refractivity contribution in [1.29, 1.82) is 0 Å². The van der Waals surface area contributed by atoms with E-state index in [1.54, 1.807) is 42.5 Å². The number of benzene rings is 3. The lowest BCUT2D eigenvalue weighted by Gasteiger charge is -2.11. The van der Waals surface area contributed by atoms with Crippen molar-refractivity contribution in [1.82, 2.24) is 0 Å². The van der Waals surface area contributed by atoms with Crippen molar-refractivity contribution in [2.24, 2.45) is 0 Å². The molecular weight excluding hydrogens is 353 g/mol. The quantitative estimate of drug-likeness (QED) is 0.492. The molecule has 0 spiro atoms. The molecule has 0 aliphatic carbocycles. The van der Waals surface area contributed by atoms with E-state index < -0.39 is 17.5 Å². The normalized spacial score (nSPS) is 11.4. The number of hydrogen-bond donors (Lipinski definition) is 0. The maximum absolute atomic E-state index is 15.0. The van der Waals surface area contributed by atoms with Crippen molar-refractivity contribution in [3.8, 4) is 16.9 Å². The van der Waals surface area contributed by atoms with Gasteiger partial charge in [-0.05, 0) is 48.1 Å². The molecule has 0 unspecified atom stereocenters. The monoisotopic (exact) mass is 372 g/mol. The zero-order chi connectivity index (χ0) is 19.4. The largest absolute Gasteiger partial charge is 0.465 e. The highest BCUT2D eigenvalue weighted by Crippen LogP contribution is 2.33. The molecule has 27 heavy (non-hydrogen) atoms. The highest BCUT2D eigenvalue weighted by molar-refractivity contribution is 5.89. The second kappa shape index (κ2) is 8.27. The maximum Gasteiger partial charge on any atom is 0.169 e. The van der Waals surface area contributed by atoms with Gasteiger partial charge in [-0.2, -0.15) is 0 Å². The Bertz CT molecular complexity index is 979. The van der Waals surface area contributed by atoms with Gasteiger partial charge in [0.25, 0.3) is 0 Å². The van der Waals surface area contributed by atoms with E-state index in [0.29, 0.717) is 16.7 Å². The zero-order valence-electron chi connectivity index (χ0n) is 15.1. The van der Waals surface area contributed by atoms with Crippen LogP contribution >= 0.6 is 0 Å². The van der Waals surface area contributed by atoms with Crippen LogP contribution in [0, 0.1) is 17.5 Å². The van der Waals surface area contributed by atoms with Crippen molar-refractivity contribution in [3.05, 3.63) is 77.8 Å². The van der Waals surface area contributed by atoms with Crippen LogP contribution in [0.3, 0.4) is 0 Å². The Hall–Kier alpha value is -2.79. The maximum atomic E-state index is 15.0. The SMILES string of the molecule is C/C=C/Oc1ccc(-c2ccc3cc(CCOC)c(F)c(F)c3c2F)cc1. The first-order chi connectivity index (χ1) is 13.1. The number of fused-ring (bicyclic) bond motifs is 1. The molecule has 0 heterocycles. The Kier molecular flexibility index (Phi) is 5.81. The minimum atomic E-state index is -1.18. The van der Waals surface area contributed by atoms with Gasteiger partial charge in [0.15, 0.2) is 11.6 Å². The van der Waals surface area contributed by atoms with Crippen molar-refractivity contribution in [2.75, 3.05) is 13.7 Å². The van der Waals surface area contributed by atoms with Crippen LogP contribution in [-0.2, 0) is 11.2 Å². The molecule has 0 aliphatic heterocycles. The first-order valence-corrected chi connectivity index (χ1v) is 8.53. The molecule has 0 atom stereocenters. The Labute approximate surface area is 155 Å². The Morgan fingerprint density at radius 1 is 0.926 bits per heavy atom. The van der Waals surface area contributed by atoms with Crippen molar-refractivity contribution < 1.29 is 22.6 Å². The van der Waals surface area contributed by atoms with Gasteiger partial charge in [-0.1, -0.05) is 30.3 Å². The summed E-state index contributed by atoms with van der Waals surface area (Å²) in [6, 6.07) is 11.3. The third-order valence-corrected chi connectivity index (χ3v) is 4.28. The molecule has 0 fully saturated rings. The number of rotatable bonds is 6. The van der Waals surface area contributed by atoms with Gasteiger partial charge in [0, 0.05) is 12.7 Å². The van der Waals surface area contributed by atoms with Crippen LogP contribution in [0.5, 0.6) is 5.75 Å². The van der Waals surface area contributed by atoms with E-state index in [1.165, 1.54) is 19.4 Å². The van der Waals surface area contributed by atoms with Gasteiger partial charge < -0.3 is 9.47 Å². The molecule has 0 amide bonds. The molecule has 0 radical (unpaired) electrons. The average Bonchev–Trinajstić information content (AvgIpc) is 2.68. The molecule has 0 saturated heterocycles. The molecule has 3 rings (SSSR count). The third-order valence-electron chi connectivity index (χ3n) is 4.28. The standard InChI is InChI=1S/C22H19F3O2/c1-3-11-27-17-7-4-14(5-8-17)18-9-6-15-13-16(10-12-26-2)20(23)22(25)19(15)21(18)24/h3-9,11,13H,10,12H2,1-2H3/b11-3+. The van der Waals surface area contributed by atoms with Gasteiger partial charge >= 0.3 is 0 Å². The van der Waals surface area contributed by atoms with Gasteiger partial charge in [0.2, 0.25) is 0 Å². The van der Waals surface area contributed by atoms with Gasteiger partial charge in [-0.15, -0.1) is 0 Å². The summed E-state index contributed by atoms with van der Waals surface area (Å²) < 4.78 is 54.1. The van der Waals surface area contributed by atoms with E-state index in [-0.39, 0.29) is 29.5 Å². The van der Waals surface area contributed by atoms with Crippen LogP contribution < -0.4 is 4.74 Å². The van der Waals surface area contributed by atoms with Gasteiger partial charge in [-0.3, -0.25) is 0 Å². The molecule has 0 aromatic heterocycles. The number of hydrogen-bond acceptors (Lipinski definition) is 2. The van der Waals surface area contributed by atoms with E-state index in [1.807, 2.05) is 6.92 Å². The van der Waals surface area contributed by atoms with E-state index in [0.717, 1.165) is 0 Å². The van der Waals surface area contributed by atoms with Crippen LogP contribution in [0.25, 0.3) is 21.9 Å². The molecular formula is C22H19F3O2. The van der Waals surface area contributed by atoms with Crippen molar-refractivity contribution >= 4 is 10.8 Å². The summed E-state index contributed by atoms with van der Waals surface area (Å²) >= 11 is 0. The predicted molar refractivity (Wildman–Crippen MR) is 100 cm³/mol. The Balaban J connectivity index is 2.05. The zero-order valence-corrected chi connectivity index (χ0v) is 15.1. The molecule has 0 N–H and O–H groups in total. The summed E-state index contributed by atoms with van der Waals surface area (Å²) in [4.78, 5) is 0. The lowest BCUT2D eigenvalue weighted by Crippen LogP contribution is -2.02. The first-order valence-electron chi connectivity index (χ1n) is 8.53. The fraction of sp³-hybridized carbons (Fsp3) is 0.182. The van der Waals surface area contributed by atoms with E-state index in [2.05, 4.69) is 0 Å². The van der Waals surface area contributed by atoms with Crippen LogP contribution in [-0.4, -0.2) is 13.7 Å². The second-order valence-electron chi connectivity index (χ2n) is 6.04. The third kappa shape index (κ3) is 3.83. The highest BCUT2D eigenvalue weighted by atomic mass is 19.2. The van der Waals surface area contributed by atoms with E-state index in [9.17, 15) is 8.78 Å². The highest BCUT2D eigenvalue weighted by Gasteiger charge is 2.19. The number of methoxy groups -OCH3 is 1. The lowest BCUT2D eigenvalue weighted by molar-refractivity contribution is 0.201. The van der Waals surface area contributed by atoms with Crippen LogP contribution in [0.4, 0.5) is 13.2 Å². The van der Waals surface area contributed by atoms with E-state index in [4.69, 9.17) is 9.47 Å². The Morgan fingerprint density at radius 3 is 2.33 bits per heavy atom. The van der Waals surface area contributed by atoms with Crippen molar-refractivity contribution in [3.63, 3.8) is 0 Å². The average molecular weight is 372 g/mol. The van der Waals surface area contributed by atoms with Gasteiger partial charge in [0.05, 0.1) is 18.3 Å². The summed E-state index contributed by atoms with van der Waals surface area (Å²) in [6.07, 6.45) is 3.49. The molecule has 2 nitrogen and oxygen atoms in total. The van der Waals surface area contributed by atoms with Crippen LogP contribution in [0.1, 0.15) is 12.5 Å². The molecule has 3 aromatic carbocycles. The fourth-order valence-corrected chi connectivity index (χ4v) is 2.91. The molecule has 0 saturated carbocycles.